The van der Waals surface area contributed by atoms with Gasteiger partial charge in [-0.15, -0.1) is 0 Å². The Morgan fingerprint density at radius 2 is 0.724 bits per heavy atom. The van der Waals surface area contributed by atoms with E-state index >= 15 is 0 Å². The van der Waals surface area contributed by atoms with Crippen LogP contribution in [0.3, 0.4) is 0 Å². The lowest BCUT2D eigenvalue weighted by atomic mass is 10.1. The first kappa shape index (κ1) is 55.7. The van der Waals surface area contributed by atoms with E-state index in [0.29, 0.717) is 90.9 Å². The number of amides is 4. The lowest BCUT2D eigenvalue weighted by Crippen LogP contribution is -2.42. The molecule has 0 saturated heterocycles. The van der Waals surface area contributed by atoms with Crippen molar-refractivity contribution in [2.45, 2.75) is 219 Å². The van der Waals surface area contributed by atoms with Gasteiger partial charge in [-0.05, 0) is 77.3 Å². The largest absolute Gasteiger partial charge is 0.355 e. The van der Waals surface area contributed by atoms with Crippen LogP contribution in [-0.2, 0) is 19.2 Å². The minimum atomic E-state index is -0.540. The van der Waals surface area contributed by atoms with Crippen LogP contribution in [-0.4, -0.2) is 97.9 Å². The molecule has 0 saturated carbocycles. The number of unbranched alkanes of at least 4 members (excludes halogenated alkanes) is 19. The number of hydrogen-bond acceptors (Lipinski definition) is 8. The summed E-state index contributed by atoms with van der Waals surface area (Å²) in [6, 6.07) is -1.08. The minimum absolute atomic E-state index is 0.151. The minimum Gasteiger partial charge on any atom is -0.355 e. The van der Waals surface area contributed by atoms with Crippen molar-refractivity contribution in [3.63, 3.8) is 0 Å². The standard InChI is InChI=1S/C46H94N8O4/c1-3-5-7-9-11-13-15-17-19-31-43(55)53(39-27-35-51-45(57)41(49)29-21-23-33-47)37-25-26-38-54(40-28-36-52-46(58)42(50)30-22-24-34-48)44(56)32-20-18-16-14-12-10-8-6-4-2/h41-42H,3-40,47-50H2,1-2H3,(H,51,57)(H,52,58)/t41-,42-/m0/s1. The predicted octanol–water partition coefficient (Wildman–Crippen LogP) is 7.19. The predicted molar refractivity (Wildman–Crippen MR) is 243 cm³/mol. The Morgan fingerprint density at radius 1 is 0.414 bits per heavy atom. The molecule has 0 aliphatic heterocycles. The molecule has 0 bridgehead atoms. The highest BCUT2D eigenvalue weighted by molar-refractivity contribution is 5.81. The number of rotatable bonds is 43. The molecular formula is C46H94N8O4. The van der Waals surface area contributed by atoms with Crippen LogP contribution in [0, 0.1) is 0 Å². The summed E-state index contributed by atoms with van der Waals surface area (Å²) in [5, 5.41) is 5.91. The van der Waals surface area contributed by atoms with Crippen LogP contribution in [0.25, 0.3) is 0 Å². The molecule has 12 nitrogen and oxygen atoms in total. The first-order valence-corrected chi connectivity index (χ1v) is 24.2. The molecule has 0 radical (unpaired) electrons. The average molecular weight is 823 g/mol. The number of hydrogen-bond donors (Lipinski definition) is 6. The molecule has 4 amide bonds. The normalized spacial score (nSPS) is 12.3. The lowest BCUT2D eigenvalue weighted by Gasteiger charge is -2.26. The van der Waals surface area contributed by atoms with E-state index in [1.54, 1.807) is 0 Å². The average Bonchev–Trinajstić information content (AvgIpc) is 3.22. The van der Waals surface area contributed by atoms with E-state index < -0.39 is 12.1 Å². The molecule has 0 aromatic carbocycles. The topological polar surface area (TPSA) is 203 Å². The zero-order chi connectivity index (χ0) is 42.9. The van der Waals surface area contributed by atoms with Crippen molar-refractivity contribution < 1.29 is 19.2 Å². The molecule has 58 heavy (non-hydrogen) atoms. The van der Waals surface area contributed by atoms with Crippen molar-refractivity contribution in [1.29, 1.82) is 0 Å². The summed E-state index contributed by atoms with van der Waals surface area (Å²) in [6.45, 7) is 9.02. The Morgan fingerprint density at radius 3 is 1.05 bits per heavy atom. The Kier molecular flexibility index (Phi) is 39.8. The van der Waals surface area contributed by atoms with Crippen LogP contribution in [0.4, 0.5) is 0 Å². The summed E-state index contributed by atoms with van der Waals surface area (Å²) in [6.07, 6.45) is 30.3. The Bertz CT molecular complexity index is 911. The van der Waals surface area contributed by atoms with Gasteiger partial charge in [0.2, 0.25) is 23.6 Å². The number of nitrogens with two attached hydrogens (primary N) is 4. The smallest absolute Gasteiger partial charge is 0.236 e. The van der Waals surface area contributed by atoms with Crippen molar-refractivity contribution in [2.24, 2.45) is 22.9 Å². The van der Waals surface area contributed by atoms with Crippen LogP contribution in [0.2, 0.25) is 0 Å². The molecule has 2 atom stereocenters. The first-order chi connectivity index (χ1) is 28.2. The van der Waals surface area contributed by atoms with E-state index in [9.17, 15) is 19.2 Å². The van der Waals surface area contributed by atoms with Crippen LogP contribution in [0.5, 0.6) is 0 Å². The second kappa shape index (κ2) is 41.5. The van der Waals surface area contributed by atoms with Gasteiger partial charge in [0.05, 0.1) is 12.1 Å². The molecular weight excluding hydrogens is 729 g/mol. The molecule has 0 aromatic rings. The molecule has 342 valence electrons. The quantitative estimate of drug-likeness (QED) is 0.0347. The summed E-state index contributed by atoms with van der Waals surface area (Å²) in [7, 11) is 0. The van der Waals surface area contributed by atoms with Gasteiger partial charge in [-0.3, -0.25) is 19.2 Å². The van der Waals surface area contributed by atoms with Crippen LogP contribution < -0.4 is 33.6 Å². The summed E-state index contributed by atoms with van der Waals surface area (Å²) in [4.78, 5) is 55.9. The van der Waals surface area contributed by atoms with Gasteiger partial charge in [0.1, 0.15) is 0 Å². The van der Waals surface area contributed by atoms with Gasteiger partial charge in [-0.25, -0.2) is 0 Å². The van der Waals surface area contributed by atoms with Crippen LogP contribution >= 0.6 is 0 Å². The SMILES string of the molecule is CCCCCCCCCCCC(=O)N(CCCCN(CCCNC(=O)[C@@H](N)CCCCN)C(=O)CCCCCCCCCCC)CCCNC(=O)[C@@H](N)CCCCN. The van der Waals surface area contributed by atoms with Crippen molar-refractivity contribution >= 4 is 23.6 Å². The van der Waals surface area contributed by atoms with Crippen molar-refractivity contribution in [3.05, 3.63) is 0 Å². The summed E-state index contributed by atoms with van der Waals surface area (Å²) < 4.78 is 0. The highest BCUT2D eigenvalue weighted by atomic mass is 16.2. The molecule has 0 aromatic heterocycles. The summed E-state index contributed by atoms with van der Waals surface area (Å²) in [5.74, 6) is 0.0365. The summed E-state index contributed by atoms with van der Waals surface area (Å²) in [5.41, 5.74) is 23.3. The molecule has 0 rings (SSSR count). The van der Waals surface area contributed by atoms with Crippen molar-refractivity contribution in [3.8, 4) is 0 Å². The molecule has 0 unspecified atom stereocenters. The van der Waals surface area contributed by atoms with Crippen molar-refractivity contribution in [2.75, 3.05) is 52.4 Å². The fraction of sp³-hybridized carbons (Fsp3) is 0.913. The molecule has 12 heteroatoms. The Hall–Kier alpha value is -2.28. The van der Waals surface area contributed by atoms with Crippen molar-refractivity contribution in [1.82, 2.24) is 20.4 Å². The molecule has 0 aliphatic carbocycles. The van der Waals surface area contributed by atoms with Gasteiger partial charge in [-0.2, -0.15) is 0 Å². The third-order valence-corrected chi connectivity index (χ3v) is 11.2. The zero-order valence-corrected chi connectivity index (χ0v) is 37.9. The second-order valence-electron chi connectivity index (χ2n) is 16.7. The fourth-order valence-corrected chi connectivity index (χ4v) is 7.32. The number of carbonyl (C=O) groups is 4. The van der Waals surface area contributed by atoms with Gasteiger partial charge in [0, 0.05) is 52.1 Å². The maximum atomic E-state index is 13.5. The Labute approximate surface area is 356 Å². The first-order valence-electron chi connectivity index (χ1n) is 24.2. The maximum Gasteiger partial charge on any atom is 0.236 e. The van der Waals surface area contributed by atoms with E-state index in [1.165, 1.54) is 89.9 Å². The van der Waals surface area contributed by atoms with Crippen LogP contribution in [0.1, 0.15) is 206 Å². The third-order valence-electron chi connectivity index (χ3n) is 11.2. The van der Waals surface area contributed by atoms with E-state index in [-0.39, 0.29) is 23.6 Å². The maximum absolute atomic E-state index is 13.5. The molecule has 0 spiro atoms. The third kappa shape index (κ3) is 33.5. The monoisotopic (exact) mass is 823 g/mol. The van der Waals surface area contributed by atoms with Gasteiger partial charge < -0.3 is 43.4 Å². The van der Waals surface area contributed by atoms with E-state index in [0.717, 1.165) is 64.2 Å². The summed E-state index contributed by atoms with van der Waals surface area (Å²) >= 11 is 0. The molecule has 0 aliphatic rings. The van der Waals surface area contributed by atoms with Crippen LogP contribution in [0.15, 0.2) is 0 Å². The number of nitrogens with zero attached hydrogens (tertiary/aromatic N) is 2. The lowest BCUT2D eigenvalue weighted by molar-refractivity contribution is -0.133. The van der Waals surface area contributed by atoms with Gasteiger partial charge in [-0.1, -0.05) is 129 Å². The number of nitrogens with one attached hydrogen (secondary N) is 2. The highest BCUT2D eigenvalue weighted by Crippen LogP contribution is 2.14. The molecule has 0 heterocycles. The van der Waals surface area contributed by atoms with Gasteiger partial charge in [0.15, 0.2) is 0 Å². The molecule has 0 fully saturated rings. The Balaban J connectivity index is 5.16. The van der Waals surface area contributed by atoms with Gasteiger partial charge >= 0.3 is 0 Å². The zero-order valence-electron chi connectivity index (χ0n) is 37.9. The van der Waals surface area contributed by atoms with E-state index in [4.69, 9.17) is 22.9 Å². The van der Waals surface area contributed by atoms with E-state index in [2.05, 4.69) is 24.5 Å². The highest BCUT2D eigenvalue weighted by Gasteiger charge is 2.18. The van der Waals surface area contributed by atoms with Gasteiger partial charge in [0.25, 0.3) is 0 Å². The number of carbonyl (C=O) groups excluding carboxylic acids is 4. The molecule has 10 N–H and O–H groups in total. The second-order valence-corrected chi connectivity index (χ2v) is 16.7. The fourth-order valence-electron chi connectivity index (χ4n) is 7.32. The van der Waals surface area contributed by atoms with E-state index in [1.807, 2.05) is 9.80 Å².